The van der Waals surface area contributed by atoms with Crippen LogP contribution in [0.1, 0.15) is 23.2 Å². The summed E-state index contributed by atoms with van der Waals surface area (Å²) in [4.78, 5) is 39.3. The summed E-state index contributed by atoms with van der Waals surface area (Å²) >= 11 is 15.0. The summed E-state index contributed by atoms with van der Waals surface area (Å²) in [6.45, 7) is 0.210. The molecule has 8 heteroatoms. The van der Waals surface area contributed by atoms with E-state index in [9.17, 15) is 14.4 Å². The van der Waals surface area contributed by atoms with E-state index in [1.807, 2.05) is 12.1 Å². The van der Waals surface area contributed by atoms with Gasteiger partial charge in [-0.25, -0.2) is 0 Å². The molecular weight excluding hydrogens is 481 g/mol. The van der Waals surface area contributed by atoms with Crippen LogP contribution in [0.25, 0.3) is 0 Å². The summed E-state index contributed by atoms with van der Waals surface area (Å²) in [5.41, 5.74) is 1.10. The summed E-state index contributed by atoms with van der Waals surface area (Å²) in [6.07, 6.45) is -0.776. The van der Waals surface area contributed by atoms with Gasteiger partial charge in [-0.05, 0) is 48.5 Å². The molecule has 1 fully saturated rings. The predicted molar refractivity (Wildman–Crippen MR) is 116 cm³/mol. The number of anilines is 1. The molecule has 1 saturated heterocycles. The van der Waals surface area contributed by atoms with Crippen molar-refractivity contribution in [2.45, 2.75) is 18.9 Å². The highest BCUT2D eigenvalue weighted by molar-refractivity contribution is 9.10. The van der Waals surface area contributed by atoms with Gasteiger partial charge in [0, 0.05) is 46.0 Å². The molecule has 0 radical (unpaired) electrons. The van der Waals surface area contributed by atoms with Crippen molar-refractivity contribution >= 4 is 62.5 Å². The molecule has 1 aliphatic rings. The zero-order valence-electron chi connectivity index (χ0n) is 15.3. The Morgan fingerprint density at radius 2 is 1.79 bits per heavy atom. The van der Waals surface area contributed by atoms with Gasteiger partial charge in [-0.15, -0.1) is 11.6 Å². The fraction of sp³-hybridized carbons (Fsp3) is 0.286. The average molecular weight is 499 g/mol. The fourth-order valence-electron chi connectivity index (χ4n) is 3.12. The highest BCUT2D eigenvalue weighted by Crippen LogP contribution is 2.28. The van der Waals surface area contributed by atoms with E-state index in [0.29, 0.717) is 16.3 Å². The normalized spacial score (nSPS) is 17.3. The standard InChI is InChI=1S/C21H18BrCl2NO4/c22-15-3-7-17(8-4-15)25-12-14(11-19(25)26)21(28)29-18(9-10-23)20(27)13-1-5-16(24)6-2-13/h1-8,14,18H,9-12H2. The first-order valence-electron chi connectivity index (χ1n) is 9.01. The van der Waals surface area contributed by atoms with Crippen molar-refractivity contribution in [3.63, 3.8) is 0 Å². The largest absolute Gasteiger partial charge is 0.454 e. The minimum atomic E-state index is -1.00. The highest BCUT2D eigenvalue weighted by Gasteiger charge is 2.38. The number of amides is 1. The van der Waals surface area contributed by atoms with Crippen LogP contribution in [0, 0.1) is 5.92 Å². The molecule has 1 aliphatic heterocycles. The van der Waals surface area contributed by atoms with Gasteiger partial charge in [0.2, 0.25) is 11.7 Å². The van der Waals surface area contributed by atoms with E-state index in [4.69, 9.17) is 27.9 Å². The van der Waals surface area contributed by atoms with Crippen LogP contribution in [0.5, 0.6) is 0 Å². The number of carbonyl (C=O) groups excluding carboxylic acids is 3. The monoisotopic (exact) mass is 497 g/mol. The zero-order chi connectivity index (χ0) is 21.0. The summed E-state index contributed by atoms with van der Waals surface area (Å²) in [5.74, 6) is -1.55. The quantitative estimate of drug-likeness (QED) is 0.310. The number of ether oxygens (including phenoxy) is 1. The molecule has 2 atom stereocenters. The second kappa shape index (κ2) is 9.74. The first-order chi connectivity index (χ1) is 13.9. The first kappa shape index (κ1) is 21.8. The summed E-state index contributed by atoms with van der Waals surface area (Å²) < 4.78 is 6.38. The maximum atomic E-state index is 12.7. The van der Waals surface area contributed by atoms with Gasteiger partial charge in [0.25, 0.3) is 0 Å². The number of rotatable bonds is 7. The Kier molecular flexibility index (Phi) is 7.33. The lowest BCUT2D eigenvalue weighted by molar-refractivity contribution is -0.151. The molecule has 29 heavy (non-hydrogen) atoms. The Labute approximate surface area is 187 Å². The van der Waals surface area contributed by atoms with Crippen molar-refractivity contribution < 1.29 is 19.1 Å². The lowest BCUT2D eigenvalue weighted by Gasteiger charge is -2.19. The molecule has 0 aliphatic carbocycles. The second-order valence-electron chi connectivity index (χ2n) is 6.66. The van der Waals surface area contributed by atoms with Crippen LogP contribution in [0.3, 0.4) is 0 Å². The lowest BCUT2D eigenvalue weighted by atomic mass is 10.0. The first-order valence-corrected chi connectivity index (χ1v) is 10.7. The van der Waals surface area contributed by atoms with Crippen molar-refractivity contribution in [1.82, 2.24) is 0 Å². The van der Waals surface area contributed by atoms with E-state index < -0.39 is 18.0 Å². The molecule has 0 N–H and O–H groups in total. The Morgan fingerprint density at radius 1 is 1.14 bits per heavy atom. The number of alkyl halides is 1. The smallest absolute Gasteiger partial charge is 0.312 e. The van der Waals surface area contributed by atoms with Crippen molar-refractivity contribution in [2.24, 2.45) is 5.92 Å². The van der Waals surface area contributed by atoms with Gasteiger partial charge >= 0.3 is 5.97 Å². The molecule has 0 bridgehead atoms. The van der Waals surface area contributed by atoms with Gasteiger partial charge in [0.05, 0.1) is 5.92 Å². The lowest BCUT2D eigenvalue weighted by Crippen LogP contribution is -2.32. The van der Waals surface area contributed by atoms with Crippen LogP contribution in [-0.4, -0.2) is 36.2 Å². The third-order valence-corrected chi connectivity index (χ3v) is 5.65. The number of esters is 1. The van der Waals surface area contributed by atoms with E-state index in [0.717, 1.165) is 4.47 Å². The molecule has 0 aromatic heterocycles. The Bertz CT molecular complexity index is 902. The maximum Gasteiger partial charge on any atom is 0.312 e. The third kappa shape index (κ3) is 5.38. The molecule has 5 nitrogen and oxygen atoms in total. The van der Waals surface area contributed by atoms with E-state index >= 15 is 0 Å². The van der Waals surface area contributed by atoms with Crippen molar-refractivity contribution in [3.8, 4) is 0 Å². The molecule has 0 spiro atoms. The van der Waals surface area contributed by atoms with Gasteiger partial charge < -0.3 is 9.64 Å². The van der Waals surface area contributed by atoms with E-state index in [2.05, 4.69) is 15.9 Å². The second-order valence-corrected chi connectivity index (χ2v) is 8.39. The average Bonchev–Trinajstić information content (AvgIpc) is 3.10. The molecule has 0 saturated carbocycles. The third-order valence-electron chi connectivity index (χ3n) is 4.65. The number of ketones is 1. The van der Waals surface area contributed by atoms with E-state index in [1.54, 1.807) is 41.3 Å². The van der Waals surface area contributed by atoms with E-state index in [1.165, 1.54) is 0 Å². The molecule has 1 heterocycles. The number of nitrogens with zero attached hydrogens (tertiary/aromatic N) is 1. The fourth-order valence-corrected chi connectivity index (χ4v) is 3.70. The summed E-state index contributed by atoms with van der Waals surface area (Å²) in [5, 5.41) is 0.505. The van der Waals surface area contributed by atoms with Crippen LogP contribution < -0.4 is 4.90 Å². The number of hydrogen-bond donors (Lipinski definition) is 0. The molecular formula is C21H18BrCl2NO4. The Balaban J connectivity index is 1.68. The van der Waals surface area contributed by atoms with Crippen LogP contribution in [0.4, 0.5) is 5.69 Å². The van der Waals surface area contributed by atoms with Crippen LogP contribution in [0.2, 0.25) is 5.02 Å². The van der Waals surface area contributed by atoms with Crippen LogP contribution in [-0.2, 0) is 14.3 Å². The van der Waals surface area contributed by atoms with Gasteiger partial charge in [0.1, 0.15) is 0 Å². The molecule has 152 valence electrons. The van der Waals surface area contributed by atoms with Gasteiger partial charge in [-0.3, -0.25) is 14.4 Å². The minimum absolute atomic E-state index is 0.0393. The number of hydrogen-bond acceptors (Lipinski definition) is 4. The summed E-state index contributed by atoms with van der Waals surface area (Å²) in [6, 6.07) is 13.6. The molecule has 3 rings (SSSR count). The van der Waals surface area contributed by atoms with Crippen LogP contribution in [0.15, 0.2) is 53.0 Å². The highest BCUT2D eigenvalue weighted by atomic mass is 79.9. The van der Waals surface area contributed by atoms with Crippen molar-refractivity contribution in [3.05, 3.63) is 63.6 Å². The molecule has 2 aromatic rings. The van der Waals surface area contributed by atoms with Crippen molar-refractivity contribution in [1.29, 1.82) is 0 Å². The molecule has 2 aromatic carbocycles. The van der Waals surface area contributed by atoms with Crippen molar-refractivity contribution in [2.75, 3.05) is 17.3 Å². The Hall–Kier alpha value is -1.89. The van der Waals surface area contributed by atoms with E-state index in [-0.39, 0.29) is 37.0 Å². The minimum Gasteiger partial charge on any atom is -0.454 e. The topological polar surface area (TPSA) is 63.7 Å². The SMILES string of the molecule is O=C(OC(CCCl)C(=O)c1ccc(Cl)cc1)C1CC(=O)N(c2ccc(Br)cc2)C1. The number of halogens is 3. The van der Waals surface area contributed by atoms with Gasteiger partial charge in [0.15, 0.2) is 6.10 Å². The molecule has 1 amide bonds. The zero-order valence-corrected chi connectivity index (χ0v) is 18.4. The Morgan fingerprint density at radius 3 is 2.41 bits per heavy atom. The number of Topliss-reactive ketones (excluding diaryl/α,β-unsaturated/α-hetero) is 1. The number of carbonyl (C=O) groups is 3. The maximum absolute atomic E-state index is 12.7. The van der Waals surface area contributed by atoms with Crippen LogP contribution >= 0.6 is 39.1 Å². The predicted octanol–water partition coefficient (Wildman–Crippen LogP) is 4.88. The van der Waals surface area contributed by atoms with Gasteiger partial charge in [-0.1, -0.05) is 27.5 Å². The van der Waals surface area contributed by atoms with Gasteiger partial charge in [-0.2, -0.15) is 0 Å². The molecule has 2 unspecified atom stereocenters. The summed E-state index contributed by atoms with van der Waals surface area (Å²) in [7, 11) is 0. The number of benzene rings is 2.